The number of rotatable bonds is 2. The lowest BCUT2D eigenvalue weighted by atomic mass is 9.86. The highest BCUT2D eigenvalue weighted by molar-refractivity contribution is 6.02. The van der Waals surface area contributed by atoms with Crippen molar-refractivity contribution in [1.29, 1.82) is 0 Å². The topological polar surface area (TPSA) is 43.3 Å². The van der Waals surface area contributed by atoms with Gasteiger partial charge < -0.3 is 14.2 Å². The molecular formula is C23H26N2O3. The monoisotopic (exact) mass is 378 g/mol. The number of methoxy groups -OCH3 is 1. The Kier molecular flexibility index (Phi) is 3.91. The van der Waals surface area contributed by atoms with Crippen molar-refractivity contribution in [2.75, 3.05) is 13.7 Å². The molecule has 0 unspecified atom stereocenters. The summed E-state index contributed by atoms with van der Waals surface area (Å²) in [5, 5.41) is 7.33. The van der Waals surface area contributed by atoms with Gasteiger partial charge in [0.25, 0.3) is 0 Å². The van der Waals surface area contributed by atoms with Crippen molar-refractivity contribution >= 4 is 5.71 Å². The zero-order valence-electron chi connectivity index (χ0n) is 16.6. The summed E-state index contributed by atoms with van der Waals surface area (Å²) in [5.41, 5.74) is 2.67. The fourth-order valence-electron chi connectivity index (χ4n) is 4.78. The molecule has 28 heavy (non-hydrogen) atoms. The maximum Gasteiger partial charge on any atom is 0.203 e. The molecule has 5 nitrogen and oxygen atoms in total. The normalized spacial score (nSPS) is 27.6. The van der Waals surface area contributed by atoms with Crippen molar-refractivity contribution in [3.63, 3.8) is 0 Å². The molecule has 0 radical (unpaired) electrons. The number of benzene rings is 2. The van der Waals surface area contributed by atoms with E-state index in [4.69, 9.17) is 19.3 Å². The third-order valence-corrected chi connectivity index (χ3v) is 6.00. The van der Waals surface area contributed by atoms with Gasteiger partial charge in [-0.3, -0.25) is 0 Å². The SMILES string of the molecule is COc1cccc(C2=NN3[C@H](C2)c2ccccc2O[C@@]32CCOC(C)(C)C2)c1. The van der Waals surface area contributed by atoms with Gasteiger partial charge in [0.1, 0.15) is 11.5 Å². The molecule has 3 heterocycles. The molecule has 1 fully saturated rings. The first kappa shape index (κ1) is 17.6. The number of nitrogens with zero attached hydrogens (tertiary/aromatic N) is 2. The van der Waals surface area contributed by atoms with Crippen molar-refractivity contribution in [1.82, 2.24) is 5.01 Å². The van der Waals surface area contributed by atoms with E-state index in [0.717, 1.165) is 42.0 Å². The average molecular weight is 378 g/mol. The van der Waals surface area contributed by atoms with Crippen molar-refractivity contribution in [3.05, 3.63) is 59.7 Å². The molecule has 0 amide bonds. The molecule has 0 bridgehead atoms. The Morgan fingerprint density at radius 3 is 2.82 bits per heavy atom. The molecule has 2 aromatic rings. The van der Waals surface area contributed by atoms with E-state index < -0.39 is 5.72 Å². The number of para-hydroxylation sites is 1. The predicted octanol–water partition coefficient (Wildman–Crippen LogP) is 4.52. The second-order valence-corrected chi connectivity index (χ2v) is 8.46. The molecule has 3 aliphatic heterocycles. The third kappa shape index (κ3) is 2.76. The van der Waals surface area contributed by atoms with Gasteiger partial charge in [-0.15, -0.1) is 0 Å². The Bertz CT molecular complexity index is 939. The summed E-state index contributed by atoms with van der Waals surface area (Å²) >= 11 is 0. The standard InChI is InChI=1S/C23H26N2O3/c1-22(2)15-23(11-12-27-22)25-20(18-9-4-5-10-21(18)28-23)14-19(24-25)16-7-6-8-17(13-16)26-3/h4-10,13,20H,11-12,14-15H2,1-3H3/t20-,23-/m1/s1. The van der Waals surface area contributed by atoms with Crippen LogP contribution in [0.5, 0.6) is 11.5 Å². The van der Waals surface area contributed by atoms with Gasteiger partial charge in [0, 0.05) is 30.4 Å². The summed E-state index contributed by atoms with van der Waals surface area (Å²) in [4.78, 5) is 0. The first-order chi connectivity index (χ1) is 13.5. The second kappa shape index (κ2) is 6.24. The van der Waals surface area contributed by atoms with E-state index in [-0.39, 0.29) is 11.6 Å². The van der Waals surface area contributed by atoms with Gasteiger partial charge in [-0.1, -0.05) is 30.3 Å². The summed E-state index contributed by atoms with van der Waals surface area (Å²) in [5.74, 6) is 1.83. The van der Waals surface area contributed by atoms with Gasteiger partial charge in [0.2, 0.25) is 5.72 Å². The van der Waals surface area contributed by atoms with Gasteiger partial charge in [-0.25, -0.2) is 5.01 Å². The molecule has 5 heteroatoms. The van der Waals surface area contributed by atoms with Crippen LogP contribution in [0.2, 0.25) is 0 Å². The summed E-state index contributed by atoms with van der Waals surface area (Å²) in [6.07, 6.45) is 2.44. The van der Waals surface area contributed by atoms with E-state index in [1.54, 1.807) is 7.11 Å². The summed E-state index contributed by atoms with van der Waals surface area (Å²) in [6.45, 7) is 4.94. The molecule has 0 N–H and O–H groups in total. The molecule has 1 saturated heterocycles. The van der Waals surface area contributed by atoms with Gasteiger partial charge in [-0.2, -0.15) is 5.10 Å². The van der Waals surface area contributed by atoms with Crippen LogP contribution in [0.4, 0.5) is 0 Å². The van der Waals surface area contributed by atoms with Crippen molar-refractivity contribution < 1.29 is 14.2 Å². The number of ether oxygens (including phenoxy) is 3. The van der Waals surface area contributed by atoms with Crippen LogP contribution >= 0.6 is 0 Å². The lowest BCUT2D eigenvalue weighted by Gasteiger charge is -2.52. The Morgan fingerprint density at radius 1 is 1.14 bits per heavy atom. The van der Waals surface area contributed by atoms with E-state index in [2.05, 4.69) is 49.2 Å². The van der Waals surface area contributed by atoms with Crippen molar-refractivity contribution in [2.45, 2.75) is 50.5 Å². The van der Waals surface area contributed by atoms with Crippen LogP contribution < -0.4 is 9.47 Å². The molecule has 1 spiro atoms. The Balaban J connectivity index is 1.60. The number of hydrazone groups is 1. The largest absolute Gasteiger partial charge is 0.497 e. The minimum Gasteiger partial charge on any atom is -0.497 e. The summed E-state index contributed by atoms with van der Waals surface area (Å²) in [7, 11) is 1.70. The van der Waals surface area contributed by atoms with E-state index in [1.165, 1.54) is 5.56 Å². The van der Waals surface area contributed by atoms with Crippen molar-refractivity contribution in [3.8, 4) is 11.5 Å². The van der Waals surface area contributed by atoms with Crippen LogP contribution in [0.3, 0.4) is 0 Å². The smallest absolute Gasteiger partial charge is 0.203 e. The van der Waals surface area contributed by atoms with Crippen LogP contribution in [0.1, 0.15) is 50.3 Å². The molecule has 2 atom stereocenters. The summed E-state index contributed by atoms with van der Waals surface area (Å²) in [6, 6.07) is 16.7. The molecule has 0 saturated carbocycles. The fraction of sp³-hybridized carbons (Fsp3) is 0.435. The van der Waals surface area contributed by atoms with Gasteiger partial charge in [-0.05, 0) is 32.0 Å². The van der Waals surface area contributed by atoms with Crippen molar-refractivity contribution in [2.24, 2.45) is 5.10 Å². The third-order valence-electron chi connectivity index (χ3n) is 6.00. The highest BCUT2D eigenvalue weighted by Crippen LogP contribution is 2.51. The molecule has 146 valence electrons. The maximum atomic E-state index is 6.65. The molecule has 3 aliphatic rings. The van der Waals surface area contributed by atoms with Crippen LogP contribution in [0.15, 0.2) is 53.6 Å². The van der Waals surface area contributed by atoms with E-state index in [0.29, 0.717) is 6.61 Å². The second-order valence-electron chi connectivity index (χ2n) is 8.46. The Labute approximate surface area is 165 Å². The van der Waals surface area contributed by atoms with E-state index >= 15 is 0 Å². The first-order valence-electron chi connectivity index (χ1n) is 9.93. The quantitative estimate of drug-likeness (QED) is 0.770. The van der Waals surface area contributed by atoms with Gasteiger partial charge in [0.15, 0.2) is 0 Å². The maximum absolute atomic E-state index is 6.65. The predicted molar refractivity (Wildman–Crippen MR) is 108 cm³/mol. The molecular weight excluding hydrogens is 352 g/mol. The molecule has 0 aliphatic carbocycles. The summed E-state index contributed by atoms with van der Waals surface area (Å²) < 4.78 is 18.1. The molecule has 0 aromatic heterocycles. The Morgan fingerprint density at radius 2 is 2.00 bits per heavy atom. The Hall–Kier alpha value is -2.53. The van der Waals surface area contributed by atoms with Crippen LogP contribution in [0, 0.1) is 0 Å². The number of hydrogen-bond acceptors (Lipinski definition) is 5. The molecule has 5 rings (SSSR count). The minimum atomic E-state index is -0.471. The highest BCUT2D eigenvalue weighted by atomic mass is 16.5. The fourth-order valence-corrected chi connectivity index (χ4v) is 4.78. The van der Waals surface area contributed by atoms with Crippen LogP contribution in [0.25, 0.3) is 0 Å². The van der Waals surface area contributed by atoms with Crippen LogP contribution in [-0.4, -0.2) is 35.8 Å². The van der Waals surface area contributed by atoms with E-state index in [9.17, 15) is 0 Å². The average Bonchev–Trinajstić information content (AvgIpc) is 3.14. The lowest BCUT2D eigenvalue weighted by molar-refractivity contribution is -0.212. The zero-order valence-corrected chi connectivity index (χ0v) is 16.6. The molecule has 2 aromatic carbocycles. The number of fused-ring (bicyclic) bond motifs is 4. The zero-order chi connectivity index (χ0) is 19.4. The van der Waals surface area contributed by atoms with Gasteiger partial charge >= 0.3 is 0 Å². The number of hydrogen-bond donors (Lipinski definition) is 0. The van der Waals surface area contributed by atoms with E-state index in [1.807, 2.05) is 18.2 Å². The minimum absolute atomic E-state index is 0.181. The van der Waals surface area contributed by atoms with Crippen LogP contribution in [-0.2, 0) is 4.74 Å². The van der Waals surface area contributed by atoms with Gasteiger partial charge in [0.05, 0.1) is 31.1 Å². The highest BCUT2D eigenvalue weighted by Gasteiger charge is 2.54. The lowest BCUT2D eigenvalue weighted by Crippen LogP contribution is -2.60. The first-order valence-corrected chi connectivity index (χ1v) is 9.93.